The topological polar surface area (TPSA) is 62.5 Å². The van der Waals surface area contributed by atoms with Crippen LogP contribution in [-0.2, 0) is 17.8 Å². The lowest BCUT2D eigenvalue weighted by atomic mass is 10.0. The Labute approximate surface area is 142 Å². The van der Waals surface area contributed by atoms with Crippen molar-refractivity contribution >= 4 is 11.6 Å². The predicted octanol–water partition coefficient (Wildman–Crippen LogP) is 2.57. The summed E-state index contributed by atoms with van der Waals surface area (Å²) >= 11 is 0. The minimum absolute atomic E-state index is 0.185. The van der Waals surface area contributed by atoms with E-state index in [1.165, 1.54) is 5.56 Å². The number of amides is 1. The molecule has 0 aliphatic carbocycles. The second-order valence-electron chi connectivity index (χ2n) is 6.13. The fourth-order valence-corrected chi connectivity index (χ4v) is 3.14. The molecule has 0 saturated carbocycles. The summed E-state index contributed by atoms with van der Waals surface area (Å²) in [6.07, 6.45) is 2.58. The molecule has 128 valence electrons. The van der Waals surface area contributed by atoms with Crippen LogP contribution in [0.3, 0.4) is 0 Å². The molecule has 3 rings (SSSR count). The highest BCUT2D eigenvalue weighted by Crippen LogP contribution is 2.27. The molecule has 6 heteroatoms. The van der Waals surface area contributed by atoms with Gasteiger partial charge in [0.1, 0.15) is 0 Å². The number of carbonyl (C=O) groups is 1. The van der Waals surface area contributed by atoms with E-state index in [0.29, 0.717) is 31.2 Å². The average molecular weight is 328 g/mol. The number of aryl methyl sites for hydroxylation is 2. The summed E-state index contributed by atoms with van der Waals surface area (Å²) in [4.78, 5) is 21.0. The first-order chi connectivity index (χ1) is 11.7. The standard InChI is InChI=1S/C18H24N4O2/c1-3-21(13-17-19-14(2)24-20-17)12-10-18(23)22-11-6-8-15-7-4-5-9-16(15)22/h4-5,7,9H,3,6,8,10-13H2,1-2H3. The van der Waals surface area contributed by atoms with Gasteiger partial charge in [-0.1, -0.05) is 30.3 Å². The van der Waals surface area contributed by atoms with Crippen LogP contribution in [0.2, 0.25) is 0 Å². The number of aromatic nitrogens is 2. The fraction of sp³-hybridized carbons (Fsp3) is 0.500. The smallest absolute Gasteiger partial charge is 0.228 e. The molecule has 0 N–H and O–H groups in total. The van der Waals surface area contributed by atoms with E-state index in [1.54, 1.807) is 6.92 Å². The van der Waals surface area contributed by atoms with Crippen LogP contribution in [0, 0.1) is 6.92 Å². The molecule has 2 heterocycles. The molecular weight excluding hydrogens is 304 g/mol. The Hall–Kier alpha value is -2.21. The van der Waals surface area contributed by atoms with E-state index in [4.69, 9.17) is 4.52 Å². The van der Waals surface area contributed by atoms with Gasteiger partial charge in [-0.05, 0) is 31.0 Å². The Morgan fingerprint density at radius 3 is 2.96 bits per heavy atom. The minimum Gasteiger partial charge on any atom is -0.340 e. The van der Waals surface area contributed by atoms with Crippen molar-refractivity contribution in [1.82, 2.24) is 15.0 Å². The van der Waals surface area contributed by atoms with Crippen LogP contribution in [0.4, 0.5) is 5.69 Å². The van der Waals surface area contributed by atoms with Crippen molar-refractivity contribution in [1.29, 1.82) is 0 Å². The normalized spacial score (nSPS) is 14.0. The third kappa shape index (κ3) is 3.82. The zero-order valence-electron chi connectivity index (χ0n) is 14.4. The van der Waals surface area contributed by atoms with E-state index in [-0.39, 0.29) is 5.91 Å². The molecule has 0 unspecified atom stereocenters. The maximum Gasteiger partial charge on any atom is 0.228 e. The van der Waals surface area contributed by atoms with E-state index in [0.717, 1.165) is 31.6 Å². The van der Waals surface area contributed by atoms with Crippen molar-refractivity contribution in [3.63, 3.8) is 0 Å². The summed E-state index contributed by atoms with van der Waals surface area (Å²) in [6.45, 7) is 6.82. The van der Waals surface area contributed by atoms with Gasteiger partial charge < -0.3 is 9.42 Å². The van der Waals surface area contributed by atoms with Gasteiger partial charge in [-0.3, -0.25) is 9.69 Å². The van der Waals surface area contributed by atoms with Gasteiger partial charge in [0.2, 0.25) is 11.8 Å². The van der Waals surface area contributed by atoms with Crippen molar-refractivity contribution in [3.8, 4) is 0 Å². The molecular formula is C18H24N4O2. The first-order valence-electron chi connectivity index (χ1n) is 8.57. The van der Waals surface area contributed by atoms with E-state index < -0.39 is 0 Å². The van der Waals surface area contributed by atoms with Crippen molar-refractivity contribution in [3.05, 3.63) is 41.5 Å². The highest BCUT2D eigenvalue weighted by Gasteiger charge is 2.22. The Balaban J connectivity index is 1.58. The van der Waals surface area contributed by atoms with E-state index in [1.807, 2.05) is 23.1 Å². The van der Waals surface area contributed by atoms with Gasteiger partial charge in [0.05, 0.1) is 6.54 Å². The Bertz CT molecular complexity index is 698. The van der Waals surface area contributed by atoms with Crippen molar-refractivity contribution in [2.24, 2.45) is 0 Å². The summed E-state index contributed by atoms with van der Waals surface area (Å²) in [5, 5.41) is 3.93. The molecule has 0 fully saturated rings. The number of fused-ring (bicyclic) bond motifs is 1. The molecule has 0 radical (unpaired) electrons. The van der Waals surface area contributed by atoms with Crippen LogP contribution in [0.1, 0.15) is 37.0 Å². The third-order valence-corrected chi connectivity index (χ3v) is 4.44. The SMILES string of the molecule is CCN(CCC(=O)N1CCCc2ccccc21)Cc1noc(C)n1. The lowest BCUT2D eigenvalue weighted by Gasteiger charge is -2.30. The second kappa shape index (κ2) is 7.57. The van der Waals surface area contributed by atoms with Crippen LogP contribution >= 0.6 is 0 Å². The summed E-state index contributed by atoms with van der Waals surface area (Å²) < 4.78 is 5.01. The number of para-hydroxylation sites is 1. The van der Waals surface area contributed by atoms with Crippen molar-refractivity contribution in [2.45, 2.75) is 39.7 Å². The lowest BCUT2D eigenvalue weighted by molar-refractivity contribution is -0.119. The molecule has 0 spiro atoms. The summed E-state index contributed by atoms with van der Waals surface area (Å²) in [7, 11) is 0. The molecule has 6 nitrogen and oxygen atoms in total. The molecule has 1 amide bonds. The first kappa shape index (κ1) is 16.6. The number of hydrogen-bond acceptors (Lipinski definition) is 5. The molecule has 0 saturated heterocycles. The van der Waals surface area contributed by atoms with E-state index in [2.05, 4.69) is 28.0 Å². The van der Waals surface area contributed by atoms with Crippen LogP contribution < -0.4 is 4.90 Å². The number of benzene rings is 1. The molecule has 0 atom stereocenters. The third-order valence-electron chi connectivity index (χ3n) is 4.44. The Morgan fingerprint density at radius 2 is 2.21 bits per heavy atom. The molecule has 24 heavy (non-hydrogen) atoms. The van der Waals surface area contributed by atoms with Gasteiger partial charge in [-0.15, -0.1) is 0 Å². The van der Waals surface area contributed by atoms with Crippen molar-refractivity contribution in [2.75, 3.05) is 24.5 Å². The molecule has 2 aromatic rings. The van der Waals surface area contributed by atoms with Gasteiger partial charge in [-0.2, -0.15) is 4.98 Å². The van der Waals surface area contributed by atoms with Crippen LogP contribution in [0.5, 0.6) is 0 Å². The molecule has 0 bridgehead atoms. The Kier molecular flexibility index (Phi) is 5.25. The maximum atomic E-state index is 12.7. The maximum absolute atomic E-state index is 12.7. The quantitative estimate of drug-likeness (QED) is 0.815. The van der Waals surface area contributed by atoms with Crippen LogP contribution in [0.15, 0.2) is 28.8 Å². The Morgan fingerprint density at radius 1 is 1.38 bits per heavy atom. The summed E-state index contributed by atoms with van der Waals surface area (Å²) in [5.41, 5.74) is 2.34. The van der Waals surface area contributed by atoms with Gasteiger partial charge in [0.15, 0.2) is 5.82 Å². The van der Waals surface area contributed by atoms with Crippen LogP contribution in [0.25, 0.3) is 0 Å². The molecule has 1 aromatic heterocycles. The van der Waals surface area contributed by atoms with E-state index >= 15 is 0 Å². The van der Waals surface area contributed by atoms with Gasteiger partial charge >= 0.3 is 0 Å². The zero-order valence-corrected chi connectivity index (χ0v) is 14.4. The lowest BCUT2D eigenvalue weighted by Crippen LogP contribution is -2.37. The molecule has 1 aromatic carbocycles. The predicted molar refractivity (Wildman–Crippen MR) is 91.7 cm³/mol. The van der Waals surface area contributed by atoms with E-state index in [9.17, 15) is 4.79 Å². The largest absolute Gasteiger partial charge is 0.340 e. The number of carbonyl (C=O) groups excluding carboxylic acids is 1. The van der Waals surface area contributed by atoms with Gasteiger partial charge in [0, 0.05) is 32.1 Å². The number of hydrogen-bond donors (Lipinski definition) is 0. The molecule has 1 aliphatic rings. The fourth-order valence-electron chi connectivity index (χ4n) is 3.14. The average Bonchev–Trinajstić information content (AvgIpc) is 3.02. The van der Waals surface area contributed by atoms with Crippen LogP contribution in [-0.4, -0.2) is 40.6 Å². The van der Waals surface area contributed by atoms with Gasteiger partial charge in [-0.25, -0.2) is 0 Å². The molecule has 1 aliphatic heterocycles. The number of anilines is 1. The summed E-state index contributed by atoms with van der Waals surface area (Å²) in [6, 6.07) is 8.21. The summed E-state index contributed by atoms with van der Waals surface area (Å²) in [5.74, 6) is 1.43. The highest BCUT2D eigenvalue weighted by atomic mass is 16.5. The second-order valence-corrected chi connectivity index (χ2v) is 6.13. The minimum atomic E-state index is 0.185. The van der Waals surface area contributed by atoms with Gasteiger partial charge in [0.25, 0.3) is 0 Å². The monoisotopic (exact) mass is 328 g/mol. The highest BCUT2D eigenvalue weighted by molar-refractivity contribution is 5.94. The zero-order chi connectivity index (χ0) is 16.9. The number of nitrogens with zero attached hydrogens (tertiary/aromatic N) is 4. The number of rotatable bonds is 6. The van der Waals surface area contributed by atoms with Crippen molar-refractivity contribution < 1.29 is 9.32 Å². The first-order valence-corrected chi connectivity index (χ1v) is 8.57.